The average Bonchev–Trinajstić information content (AvgIpc) is 3.02. The molecule has 5 aromatic rings. The number of aryl methyl sites for hydroxylation is 2. The van der Waals surface area contributed by atoms with Gasteiger partial charge in [-0.05, 0) is 61.4 Å². The van der Waals surface area contributed by atoms with Crippen LogP contribution in [-0.4, -0.2) is 20.4 Å². The maximum atomic E-state index is 13.3. The van der Waals surface area contributed by atoms with Gasteiger partial charge < -0.3 is 11.1 Å². The van der Waals surface area contributed by atoms with Crippen LogP contribution in [0.25, 0.3) is 27.9 Å². The normalized spacial score (nSPS) is 11.2. The van der Waals surface area contributed by atoms with Gasteiger partial charge in [-0.3, -0.25) is 9.36 Å². The third-order valence-corrected chi connectivity index (χ3v) is 5.22. The number of anilines is 2. The first-order valence-electron chi connectivity index (χ1n) is 10.0. The number of para-hydroxylation sites is 3. The highest BCUT2D eigenvalue weighted by atomic mass is 16.1. The predicted octanol–water partition coefficient (Wildman–Crippen LogP) is 5.03. The minimum atomic E-state index is -0.318. The Bertz CT molecular complexity index is 1430. The highest BCUT2D eigenvalue weighted by Gasteiger charge is 2.25. The van der Waals surface area contributed by atoms with Crippen LogP contribution in [0.4, 0.5) is 11.5 Å². The first kappa shape index (κ1) is 18.8. The molecule has 3 N–H and O–H groups in total. The Morgan fingerprint density at radius 2 is 1.48 bits per heavy atom. The molecule has 152 valence electrons. The van der Waals surface area contributed by atoms with Gasteiger partial charge in [-0.2, -0.15) is 0 Å². The van der Waals surface area contributed by atoms with Crippen LogP contribution in [-0.2, 0) is 0 Å². The largest absolute Gasteiger partial charge is 0.384 e. The van der Waals surface area contributed by atoms with E-state index in [-0.39, 0.29) is 5.91 Å². The lowest BCUT2D eigenvalue weighted by Crippen LogP contribution is -2.14. The molecule has 2 aromatic heterocycles. The van der Waals surface area contributed by atoms with Gasteiger partial charge in [-0.1, -0.05) is 36.4 Å². The molecule has 0 saturated carbocycles. The van der Waals surface area contributed by atoms with Crippen molar-refractivity contribution in [2.45, 2.75) is 13.8 Å². The number of nitrogen functional groups attached to an aromatic ring is 1. The van der Waals surface area contributed by atoms with Crippen LogP contribution in [0.5, 0.6) is 0 Å². The summed E-state index contributed by atoms with van der Waals surface area (Å²) < 4.78 is 1.81. The SMILES string of the molecule is Cc1cc(C)cc(-n2c(N)c(C(=O)Nc3ccccc3)c3nc4ccccc4nc32)c1. The highest BCUT2D eigenvalue weighted by molar-refractivity contribution is 6.16. The number of nitrogens with two attached hydrogens (primary N) is 1. The molecule has 0 atom stereocenters. The Labute approximate surface area is 179 Å². The van der Waals surface area contributed by atoms with Gasteiger partial charge in [-0.25, -0.2) is 9.97 Å². The van der Waals surface area contributed by atoms with Crippen LogP contribution in [0.15, 0.2) is 72.8 Å². The van der Waals surface area contributed by atoms with Gasteiger partial charge in [0.25, 0.3) is 5.91 Å². The second-order valence-electron chi connectivity index (χ2n) is 7.65. The van der Waals surface area contributed by atoms with Crippen molar-refractivity contribution in [1.29, 1.82) is 0 Å². The molecule has 6 nitrogen and oxygen atoms in total. The molecule has 0 bridgehead atoms. The molecule has 0 aliphatic rings. The van der Waals surface area contributed by atoms with E-state index in [0.29, 0.717) is 33.7 Å². The van der Waals surface area contributed by atoms with E-state index in [1.54, 1.807) is 0 Å². The maximum absolute atomic E-state index is 13.3. The first-order chi connectivity index (χ1) is 15.0. The standard InChI is InChI=1S/C25H21N5O/c1-15-12-16(2)14-18(13-15)30-23(26)21(25(31)27-17-8-4-3-5-9-17)22-24(30)29-20-11-7-6-10-19(20)28-22/h3-14H,26H2,1-2H3,(H,27,31). The Morgan fingerprint density at radius 1 is 0.871 bits per heavy atom. The van der Waals surface area contributed by atoms with E-state index in [1.807, 2.05) is 85.1 Å². The molecule has 1 amide bonds. The number of aromatic nitrogens is 3. The number of carbonyl (C=O) groups is 1. The van der Waals surface area contributed by atoms with Crippen LogP contribution >= 0.6 is 0 Å². The predicted molar refractivity (Wildman–Crippen MR) is 125 cm³/mol. The molecule has 31 heavy (non-hydrogen) atoms. The van der Waals surface area contributed by atoms with Crippen molar-refractivity contribution in [2.24, 2.45) is 0 Å². The van der Waals surface area contributed by atoms with Gasteiger partial charge >= 0.3 is 0 Å². The maximum Gasteiger partial charge on any atom is 0.261 e. The molecule has 0 aliphatic carbocycles. The van der Waals surface area contributed by atoms with Gasteiger partial charge in [0.05, 0.1) is 11.0 Å². The van der Waals surface area contributed by atoms with E-state index in [2.05, 4.69) is 11.4 Å². The molecule has 0 unspecified atom stereocenters. The number of hydrogen-bond donors (Lipinski definition) is 2. The topological polar surface area (TPSA) is 85.8 Å². The van der Waals surface area contributed by atoms with Gasteiger partial charge in [0.15, 0.2) is 5.65 Å². The molecule has 0 saturated heterocycles. The van der Waals surface area contributed by atoms with Gasteiger partial charge in [0, 0.05) is 11.4 Å². The van der Waals surface area contributed by atoms with Gasteiger partial charge in [0.2, 0.25) is 0 Å². The number of carbonyl (C=O) groups excluding carboxylic acids is 1. The quantitative estimate of drug-likeness (QED) is 0.439. The molecule has 0 spiro atoms. The summed E-state index contributed by atoms with van der Waals surface area (Å²) in [5.74, 6) is -0.00913. The van der Waals surface area contributed by atoms with Crippen LogP contribution < -0.4 is 11.1 Å². The van der Waals surface area contributed by atoms with E-state index >= 15 is 0 Å². The number of fused-ring (bicyclic) bond motifs is 2. The number of nitrogens with one attached hydrogen (secondary N) is 1. The molecule has 3 aromatic carbocycles. The molecule has 6 heteroatoms. The third-order valence-electron chi connectivity index (χ3n) is 5.22. The summed E-state index contributed by atoms with van der Waals surface area (Å²) in [5.41, 5.74) is 13.1. The summed E-state index contributed by atoms with van der Waals surface area (Å²) in [7, 11) is 0. The van der Waals surface area contributed by atoms with Crippen LogP contribution in [0.2, 0.25) is 0 Å². The second kappa shape index (κ2) is 7.25. The number of rotatable bonds is 3. The van der Waals surface area contributed by atoms with Crippen molar-refractivity contribution in [3.8, 4) is 5.69 Å². The van der Waals surface area contributed by atoms with Gasteiger partial charge in [-0.15, -0.1) is 0 Å². The fraction of sp³-hybridized carbons (Fsp3) is 0.0800. The Kier molecular flexibility index (Phi) is 4.40. The van der Waals surface area contributed by atoms with E-state index in [9.17, 15) is 4.79 Å². The van der Waals surface area contributed by atoms with E-state index in [0.717, 1.165) is 22.3 Å². The van der Waals surface area contributed by atoms with Crippen molar-refractivity contribution >= 4 is 39.6 Å². The fourth-order valence-electron chi connectivity index (χ4n) is 3.94. The number of nitrogens with zero attached hydrogens (tertiary/aromatic N) is 3. The van der Waals surface area contributed by atoms with Crippen molar-refractivity contribution in [1.82, 2.24) is 14.5 Å². The summed E-state index contributed by atoms with van der Waals surface area (Å²) in [4.78, 5) is 22.9. The molecular formula is C25H21N5O. The number of hydrogen-bond acceptors (Lipinski definition) is 4. The van der Waals surface area contributed by atoms with Crippen LogP contribution in [0, 0.1) is 13.8 Å². The highest BCUT2D eigenvalue weighted by Crippen LogP contribution is 2.32. The lowest BCUT2D eigenvalue weighted by molar-refractivity contribution is 0.102. The molecule has 2 heterocycles. The summed E-state index contributed by atoms with van der Waals surface area (Å²) in [6.07, 6.45) is 0. The Balaban J connectivity index is 1.79. The van der Waals surface area contributed by atoms with E-state index in [1.165, 1.54) is 0 Å². The summed E-state index contributed by atoms with van der Waals surface area (Å²) in [6.45, 7) is 4.06. The van der Waals surface area contributed by atoms with Crippen molar-refractivity contribution in [2.75, 3.05) is 11.1 Å². The molecule has 0 fully saturated rings. The fourth-order valence-corrected chi connectivity index (χ4v) is 3.94. The molecule has 0 aliphatic heterocycles. The smallest absolute Gasteiger partial charge is 0.261 e. The zero-order valence-electron chi connectivity index (χ0n) is 17.3. The van der Waals surface area contributed by atoms with E-state index < -0.39 is 0 Å². The zero-order chi connectivity index (χ0) is 21.5. The molecular weight excluding hydrogens is 386 g/mol. The molecule has 0 radical (unpaired) electrons. The minimum absolute atomic E-state index is 0.309. The lowest BCUT2D eigenvalue weighted by Gasteiger charge is -2.10. The van der Waals surface area contributed by atoms with Gasteiger partial charge in [0.1, 0.15) is 16.9 Å². The first-order valence-corrected chi connectivity index (χ1v) is 10.0. The second-order valence-corrected chi connectivity index (χ2v) is 7.65. The van der Waals surface area contributed by atoms with E-state index in [4.69, 9.17) is 15.7 Å². The average molecular weight is 407 g/mol. The Morgan fingerprint density at radius 3 is 2.16 bits per heavy atom. The molecule has 5 rings (SSSR count). The van der Waals surface area contributed by atoms with Crippen molar-refractivity contribution < 1.29 is 4.79 Å². The number of benzene rings is 3. The summed E-state index contributed by atoms with van der Waals surface area (Å²) >= 11 is 0. The minimum Gasteiger partial charge on any atom is -0.384 e. The number of amides is 1. The van der Waals surface area contributed by atoms with Crippen molar-refractivity contribution in [3.63, 3.8) is 0 Å². The monoisotopic (exact) mass is 407 g/mol. The van der Waals surface area contributed by atoms with Crippen molar-refractivity contribution in [3.05, 3.63) is 89.5 Å². The van der Waals surface area contributed by atoms with Crippen LogP contribution in [0.1, 0.15) is 21.5 Å². The summed E-state index contributed by atoms with van der Waals surface area (Å²) in [6, 6.07) is 23.0. The zero-order valence-corrected chi connectivity index (χ0v) is 17.3. The third kappa shape index (κ3) is 3.28. The Hall–Kier alpha value is -4.19. The lowest BCUT2D eigenvalue weighted by atomic mass is 10.1. The summed E-state index contributed by atoms with van der Waals surface area (Å²) in [5, 5.41) is 2.93. The van der Waals surface area contributed by atoms with Crippen LogP contribution in [0.3, 0.4) is 0 Å².